The van der Waals surface area contributed by atoms with Gasteiger partial charge in [-0.15, -0.1) is 0 Å². The van der Waals surface area contributed by atoms with Crippen molar-refractivity contribution >= 4 is 21.6 Å². The molecule has 166 valence electrons. The fourth-order valence-corrected chi connectivity index (χ4v) is 4.24. The molecular formula is C18H22ClF4N4O2S+. The minimum Gasteiger partial charge on any atom is -0.354 e. The number of hydrogen-bond donors (Lipinski definition) is 1. The first-order valence-electron chi connectivity index (χ1n) is 8.77. The lowest BCUT2D eigenvalue weighted by Crippen LogP contribution is -2.49. The molecule has 0 radical (unpaired) electrons. The first kappa shape index (κ1) is 24.3. The van der Waals surface area contributed by atoms with Gasteiger partial charge in [-0.2, -0.15) is 18.3 Å². The number of benzene rings is 1. The fraction of sp³-hybridized carbons (Fsp3) is 0.389. The normalized spacial score (nSPS) is 13.3. The van der Waals surface area contributed by atoms with Gasteiger partial charge in [0, 0.05) is 37.8 Å². The average Bonchev–Trinajstić information content (AvgIpc) is 2.91. The van der Waals surface area contributed by atoms with Crippen molar-refractivity contribution < 1.29 is 31.7 Å². The van der Waals surface area contributed by atoms with E-state index in [1.165, 1.54) is 39.2 Å². The molecule has 0 spiro atoms. The summed E-state index contributed by atoms with van der Waals surface area (Å²) in [4.78, 5) is -0.151. The molecule has 2 aromatic rings. The van der Waals surface area contributed by atoms with Gasteiger partial charge in [-0.1, -0.05) is 17.7 Å². The molecule has 0 unspecified atom stereocenters. The minimum absolute atomic E-state index is 0.107. The molecule has 0 aliphatic carbocycles. The van der Waals surface area contributed by atoms with Gasteiger partial charge in [0.05, 0.1) is 18.1 Å². The third kappa shape index (κ3) is 5.20. The van der Waals surface area contributed by atoms with Crippen molar-refractivity contribution in [1.29, 1.82) is 0 Å². The van der Waals surface area contributed by atoms with Crippen molar-refractivity contribution in [3.05, 3.63) is 57.6 Å². The van der Waals surface area contributed by atoms with Crippen LogP contribution in [0, 0.1) is 6.92 Å². The predicted octanol–water partition coefficient (Wildman–Crippen LogP) is 2.80. The Morgan fingerprint density at radius 3 is 2.47 bits per heavy atom. The largest absolute Gasteiger partial charge is 0.435 e. The molecule has 2 rings (SSSR count). The van der Waals surface area contributed by atoms with Crippen LogP contribution in [0.2, 0.25) is 5.02 Å². The van der Waals surface area contributed by atoms with Gasteiger partial charge >= 0.3 is 6.18 Å². The maximum atomic E-state index is 13.8. The first-order valence-corrected chi connectivity index (χ1v) is 10.6. The molecule has 6 nitrogen and oxygen atoms in total. The van der Waals surface area contributed by atoms with E-state index in [4.69, 9.17) is 11.6 Å². The second kappa shape index (κ2) is 9.04. The quantitative estimate of drug-likeness (QED) is 0.633. The van der Waals surface area contributed by atoms with Crippen molar-refractivity contribution in [2.45, 2.75) is 31.0 Å². The number of hydrogen-bond acceptors (Lipinski definition) is 3. The molecule has 0 fully saturated rings. The van der Waals surface area contributed by atoms with E-state index in [1.807, 2.05) is 0 Å². The van der Waals surface area contributed by atoms with Crippen LogP contribution >= 0.6 is 11.6 Å². The first-order chi connectivity index (χ1) is 13.8. The van der Waals surface area contributed by atoms with Gasteiger partial charge in [0.1, 0.15) is 10.7 Å². The summed E-state index contributed by atoms with van der Waals surface area (Å²) in [5.74, 6) is -0.642. The minimum atomic E-state index is -4.74. The van der Waals surface area contributed by atoms with Crippen LogP contribution in [-0.2, 0) is 29.2 Å². The second-order valence-corrected chi connectivity index (χ2v) is 9.26. The molecule has 0 aliphatic heterocycles. The summed E-state index contributed by atoms with van der Waals surface area (Å²) >= 11 is 6.09. The lowest BCUT2D eigenvalue weighted by Gasteiger charge is -2.14. The summed E-state index contributed by atoms with van der Waals surface area (Å²) in [5.41, 5.74) is 2.72. The monoisotopic (exact) mass is 469 g/mol. The maximum absolute atomic E-state index is 13.8. The number of halogens is 5. The van der Waals surface area contributed by atoms with Gasteiger partial charge < -0.3 is 5.73 Å². The van der Waals surface area contributed by atoms with Gasteiger partial charge in [0.25, 0.3) is 0 Å². The van der Waals surface area contributed by atoms with Gasteiger partial charge in [0.2, 0.25) is 10.0 Å². The van der Waals surface area contributed by atoms with Gasteiger partial charge in [-0.3, -0.25) is 4.68 Å². The number of allylic oxidation sites excluding steroid dienone is 1. The zero-order valence-electron chi connectivity index (χ0n) is 16.6. The summed E-state index contributed by atoms with van der Waals surface area (Å²) < 4.78 is 80.8. The summed E-state index contributed by atoms with van der Waals surface area (Å²) in [7, 11) is -1.11. The molecule has 0 bridgehead atoms. The molecule has 3 N–H and O–H groups in total. The van der Waals surface area contributed by atoms with E-state index in [-0.39, 0.29) is 34.1 Å². The van der Waals surface area contributed by atoms with E-state index >= 15 is 0 Å². The Morgan fingerprint density at radius 2 is 1.97 bits per heavy atom. The zero-order chi connectivity index (χ0) is 22.9. The third-order valence-corrected chi connectivity index (χ3v) is 6.70. The van der Waals surface area contributed by atoms with Crippen LogP contribution in [0.5, 0.6) is 0 Å². The molecule has 0 aliphatic rings. The van der Waals surface area contributed by atoms with E-state index in [9.17, 15) is 26.0 Å². The maximum Gasteiger partial charge on any atom is 0.435 e. The number of sulfonamides is 1. The van der Waals surface area contributed by atoms with Crippen LogP contribution in [-0.4, -0.2) is 43.1 Å². The predicted molar refractivity (Wildman–Crippen MR) is 104 cm³/mol. The Kier molecular flexibility index (Phi) is 7.33. The number of nitrogens with zero attached hydrogens (tertiary/aromatic N) is 3. The van der Waals surface area contributed by atoms with Crippen LogP contribution in [0.4, 0.5) is 17.6 Å². The number of alkyl halides is 3. The van der Waals surface area contributed by atoms with Crippen LogP contribution in [0.3, 0.4) is 0 Å². The van der Waals surface area contributed by atoms with Crippen LogP contribution in [0.15, 0.2) is 35.0 Å². The lowest BCUT2D eigenvalue weighted by atomic mass is 10.0. The highest BCUT2D eigenvalue weighted by atomic mass is 35.5. The van der Waals surface area contributed by atoms with Gasteiger partial charge in [0.15, 0.2) is 5.69 Å². The van der Waals surface area contributed by atoms with E-state index in [0.29, 0.717) is 5.56 Å². The van der Waals surface area contributed by atoms with Crippen molar-refractivity contribution in [2.75, 3.05) is 20.6 Å². The summed E-state index contributed by atoms with van der Waals surface area (Å²) in [6, 6.07) is 3.94. The van der Waals surface area contributed by atoms with Crippen molar-refractivity contribution in [3.8, 4) is 0 Å². The molecule has 12 heteroatoms. The molecular weight excluding hydrogens is 448 g/mol. The Hall–Kier alpha value is -1.95. The van der Waals surface area contributed by atoms with Crippen LogP contribution < -0.4 is 5.73 Å². The molecule has 1 aromatic heterocycles. The van der Waals surface area contributed by atoms with E-state index in [2.05, 4.69) is 10.8 Å². The topological polar surface area (TPSA) is 82.8 Å². The molecule has 0 saturated carbocycles. The zero-order valence-corrected chi connectivity index (χ0v) is 18.2. The van der Waals surface area contributed by atoms with Crippen molar-refractivity contribution in [1.82, 2.24) is 14.1 Å². The SMILES string of the molecule is Cc1c(Cc2ccc(S(=O)(=O)N(C)C)c(Cl)c2)c(C(F)(F)F)nn1C/C(F)=C/C[NH3+]. The molecule has 0 atom stereocenters. The van der Waals surface area contributed by atoms with E-state index < -0.39 is 34.3 Å². The lowest BCUT2D eigenvalue weighted by molar-refractivity contribution is -0.353. The summed E-state index contributed by atoms with van der Waals surface area (Å²) in [6.45, 7) is 1.14. The average molecular weight is 470 g/mol. The van der Waals surface area contributed by atoms with E-state index in [0.717, 1.165) is 15.1 Å². The van der Waals surface area contributed by atoms with E-state index in [1.54, 1.807) is 0 Å². The van der Waals surface area contributed by atoms with Crippen LogP contribution in [0.25, 0.3) is 0 Å². The number of quaternary nitrogens is 1. The molecule has 30 heavy (non-hydrogen) atoms. The van der Waals surface area contributed by atoms with Crippen molar-refractivity contribution in [2.24, 2.45) is 0 Å². The highest BCUT2D eigenvalue weighted by Gasteiger charge is 2.38. The molecule has 0 amide bonds. The third-order valence-electron chi connectivity index (χ3n) is 4.40. The Balaban J connectivity index is 2.48. The second-order valence-electron chi connectivity index (χ2n) is 6.74. The molecule has 1 aromatic carbocycles. The fourth-order valence-electron chi connectivity index (χ4n) is 2.81. The standard InChI is InChI=1S/C18H21ClF4N4O2S/c1-11-14(17(18(21,22)23)25-27(11)10-13(20)6-7-24)8-12-4-5-16(15(19)9-12)30(28,29)26(2)3/h4-6,9H,7-8,10,24H2,1-3H3/p+1/b13-6-. The highest BCUT2D eigenvalue weighted by molar-refractivity contribution is 7.89. The number of aromatic nitrogens is 2. The molecule has 1 heterocycles. The number of rotatable bonds is 7. The van der Waals surface area contributed by atoms with Crippen molar-refractivity contribution in [3.63, 3.8) is 0 Å². The van der Waals surface area contributed by atoms with Gasteiger partial charge in [-0.25, -0.2) is 17.1 Å². The Bertz CT molecular complexity index is 1060. The summed E-state index contributed by atoms with van der Waals surface area (Å²) in [5, 5.41) is 3.45. The summed E-state index contributed by atoms with van der Waals surface area (Å²) in [6.07, 6.45) is -3.78. The Labute approximate surface area is 177 Å². The Morgan fingerprint density at radius 1 is 1.33 bits per heavy atom. The highest BCUT2D eigenvalue weighted by Crippen LogP contribution is 2.35. The smallest absolute Gasteiger partial charge is 0.354 e. The van der Waals surface area contributed by atoms with Gasteiger partial charge in [-0.05, 0) is 24.6 Å². The molecule has 0 saturated heterocycles. The van der Waals surface area contributed by atoms with Crippen LogP contribution in [0.1, 0.15) is 22.5 Å².